The monoisotopic (exact) mass is 445 g/mol. The number of thiocarbonyl (C=S) groups is 1. The predicted molar refractivity (Wildman–Crippen MR) is 120 cm³/mol. The van der Waals surface area contributed by atoms with E-state index in [1.54, 1.807) is 36.4 Å². The van der Waals surface area contributed by atoms with Crippen molar-refractivity contribution >= 4 is 51.9 Å². The highest BCUT2D eigenvalue weighted by Crippen LogP contribution is 2.42. The maximum absolute atomic E-state index is 12.6. The SMILES string of the molecule is CC1(C)SC(=S)N(N=Cc2ccc([N+](=O)[O-])cc2)C1N(O)C(=O)Nc1ccccc1. The summed E-state index contributed by atoms with van der Waals surface area (Å²) < 4.78 is -0.262. The summed E-state index contributed by atoms with van der Waals surface area (Å²) in [6, 6.07) is 13.9. The molecule has 3 rings (SSSR count). The highest BCUT2D eigenvalue weighted by Gasteiger charge is 2.50. The van der Waals surface area contributed by atoms with Gasteiger partial charge in [-0.1, -0.05) is 42.2 Å². The number of carbonyl (C=O) groups excluding carboxylic acids is 1. The van der Waals surface area contributed by atoms with E-state index in [0.29, 0.717) is 20.6 Å². The lowest BCUT2D eigenvalue weighted by atomic mass is 10.1. The van der Waals surface area contributed by atoms with E-state index in [4.69, 9.17) is 12.2 Å². The van der Waals surface area contributed by atoms with Crippen LogP contribution >= 0.6 is 24.0 Å². The molecule has 2 aromatic rings. The van der Waals surface area contributed by atoms with Crippen LogP contribution in [0.15, 0.2) is 59.7 Å². The molecule has 0 radical (unpaired) electrons. The van der Waals surface area contributed by atoms with Crippen molar-refractivity contribution in [3.8, 4) is 0 Å². The fourth-order valence-electron chi connectivity index (χ4n) is 2.85. The van der Waals surface area contributed by atoms with E-state index in [1.807, 2.05) is 19.9 Å². The molecule has 9 nitrogen and oxygen atoms in total. The maximum atomic E-state index is 12.6. The van der Waals surface area contributed by atoms with Gasteiger partial charge in [-0.2, -0.15) is 10.2 Å². The molecule has 30 heavy (non-hydrogen) atoms. The Labute approximate surface area is 182 Å². The Kier molecular flexibility index (Phi) is 6.34. The first-order valence-electron chi connectivity index (χ1n) is 8.84. The number of hydrazone groups is 1. The predicted octanol–water partition coefficient (Wildman–Crippen LogP) is 4.29. The number of nitrogens with one attached hydrogen (secondary N) is 1. The zero-order valence-corrected chi connectivity index (χ0v) is 17.8. The van der Waals surface area contributed by atoms with Crippen molar-refractivity contribution in [2.75, 3.05) is 5.32 Å². The fraction of sp³-hybridized carbons (Fsp3) is 0.211. The van der Waals surface area contributed by atoms with Gasteiger partial charge in [0.05, 0.1) is 15.9 Å². The van der Waals surface area contributed by atoms with Crippen LogP contribution in [0.5, 0.6) is 0 Å². The van der Waals surface area contributed by atoms with Crippen LogP contribution < -0.4 is 5.32 Å². The molecule has 0 bridgehead atoms. The van der Waals surface area contributed by atoms with Gasteiger partial charge in [-0.05, 0) is 43.7 Å². The summed E-state index contributed by atoms with van der Waals surface area (Å²) in [6.07, 6.45) is 0.599. The molecule has 1 fully saturated rings. The summed E-state index contributed by atoms with van der Waals surface area (Å²) in [6.45, 7) is 3.68. The number of nitrogens with zero attached hydrogens (tertiary/aromatic N) is 4. The first-order valence-corrected chi connectivity index (χ1v) is 10.1. The first kappa shape index (κ1) is 21.7. The number of non-ortho nitro benzene ring substituents is 1. The molecular formula is C19H19N5O4S2. The number of nitro groups is 1. The van der Waals surface area contributed by atoms with Crippen molar-refractivity contribution in [3.05, 3.63) is 70.3 Å². The maximum Gasteiger partial charge on any atom is 0.347 e. The molecule has 1 saturated heterocycles. The van der Waals surface area contributed by atoms with Crippen LogP contribution in [-0.2, 0) is 0 Å². The molecule has 0 aliphatic carbocycles. The highest BCUT2D eigenvalue weighted by molar-refractivity contribution is 8.24. The Balaban J connectivity index is 1.80. The Hall–Kier alpha value is -3.02. The van der Waals surface area contributed by atoms with Crippen LogP contribution in [-0.4, -0.2) is 47.7 Å². The normalized spacial score (nSPS) is 17.9. The van der Waals surface area contributed by atoms with Crippen LogP contribution in [0.2, 0.25) is 0 Å². The van der Waals surface area contributed by atoms with E-state index < -0.39 is 21.9 Å². The van der Waals surface area contributed by atoms with Crippen molar-refractivity contribution in [2.45, 2.75) is 24.8 Å². The van der Waals surface area contributed by atoms with E-state index in [-0.39, 0.29) is 5.69 Å². The minimum Gasteiger partial charge on any atom is -0.306 e. The van der Waals surface area contributed by atoms with Crippen LogP contribution in [0.25, 0.3) is 0 Å². The molecule has 0 saturated carbocycles. The number of hydrogen-bond donors (Lipinski definition) is 2. The number of para-hydroxylation sites is 1. The van der Waals surface area contributed by atoms with E-state index in [9.17, 15) is 20.1 Å². The van der Waals surface area contributed by atoms with Gasteiger partial charge in [0.2, 0.25) is 0 Å². The first-order chi connectivity index (χ1) is 14.2. The molecule has 1 aliphatic heterocycles. The highest BCUT2D eigenvalue weighted by atomic mass is 32.2. The summed E-state index contributed by atoms with van der Waals surface area (Å²) in [5.41, 5.74) is 1.11. The molecule has 0 aromatic heterocycles. The number of nitro benzene ring substituents is 1. The van der Waals surface area contributed by atoms with Crippen LogP contribution in [0, 0.1) is 10.1 Å². The summed E-state index contributed by atoms with van der Waals surface area (Å²) in [5, 5.41) is 30.3. The summed E-state index contributed by atoms with van der Waals surface area (Å²) >= 11 is 6.69. The molecule has 2 amide bonds. The number of anilines is 1. The van der Waals surface area contributed by atoms with E-state index in [2.05, 4.69) is 10.4 Å². The van der Waals surface area contributed by atoms with E-state index in [1.165, 1.54) is 35.1 Å². The molecule has 0 spiro atoms. The molecule has 2 N–H and O–H groups in total. The van der Waals surface area contributed by atoms with Crippen molar-refractivity contribution < 1.29 is 14.9 Å². The second kappa shape index (κ2) is 8.78. The molecule has 1 unspecified atom stereocenters. The number of carbonyl (C=O) groups is 1. The summed E-state index contributed by atoms with van der Waals surface area (Å²) in [4.78, 5) is 22.9. The Bertz CT molecular complexity index is 982. The zero-order chi connectivity index (χ0) is 21.9. The third kappa shape index (κ3) is 4.75. The second-order valence-corrected chi connectivity index (χ2v) is 9.21. The Morgan fingerprint density at radius 2 is 1.93 bits per heavy atom. The quantitative estimate of drug-likeness (QED) is 0.232. The lowest BCUT2D eigenvalue weighted by Crippen LogP contribution is -2.54. The lowest BCUT2D eigenvalue weighted by molar-refractivity contribution is -0.384. The zero-order valence-electron chi connectivity index (χ0n) is 16.1. The molecule has 1 heterocycles. The number of amides is 2. The average Bonchev–Trinajstić information content (AvgIpc) is 2.94. The topological polar surface area (TPSA) is 111 Å². The third-order valence-electron chi connectivity index (χ3n) is 4.29. The number of rotatable bonds is 5. The second-order valence-electron chi connectivity index (χ2n) is 6.92. The molecule has 1 aliphatic rings. The standard InChI is InChI=1S/C19H19N5O4S2/c1-19(2)16(23(26)17(25)21-14-6-4-3-5-7-14)22(18(29)30-19)20-12-13-8-10-15(11-9-13)24(27)28/h3-12,16,26H,1-2H3,(H,21,25). The van der Waals surface area contributed by atoms with Crippen molar-refractivity contribution in [2.24, 2.45) is 5.10 Å². The smallest absolute Gasteiger partial charge is 0.306 e. The van der Waals surface area contributed by atoms with Gasteiger partial charge in [-0.3, -0.25) is 15.3 Å². The van der Waals surface area contributed by atoms with Gasteiger partial charge in [-0.15, -0.1) is 0 Å². The van der Waals surface area contributed by atoms with Gasteiger partial charge in [0, 0.05) is 17.8 Å². The fourth-order valence-corrected chi connectivity index (χ4v) is 4.64. The third-order valence-corrected chi connectivity index (χ3v) is 5.83. The number of urea groups is 1. The van der Waals surface area contributed by atoms with Crippen LogP contribution in [0.1, 0.15) is 19.4 Å². The van der Waals surface area contributed by atoms with Crippen LogP contribution in [0.4, 0.5) is 16.2 Å². The van der Waals surface area contributed by atoms with Gasteiger partial charge in [0.1, 0.15) is 0 Å². The number of thioether (sulfide) groups is 1. The van der Waals surface area contributed by atoms with Gasteiger partial charge in [0.15, 0.2) is 10.5 Å². The van der Waals surface area contributed by atoms with Gasteiger partial charge < -0.3 is 5.32 Å². The van der Waals surface area contributed by atoms with Crippen molar-refractivity contribution in [3.63, 3.8) is 0 Å². The van der Waals surface area contributed by atoms with E-state index >= 15 is 0 Å². The van der Waals surface area contributed by atoms with Gasteiger partial charge in [-0.25, -0.2) is 9.80 Å². The minimum atomic E-state index is -0.868. The molecular weight excluding hydrogens is 426 g/mol. The minimum absolute atomic E-state index is 0.0301. The largest absolute Gasteiger partial charge is 0.347 e. The van der Waals surface area contributed by atoms with E-state index in [0.717, 1.165) is 0 Å². The summed E-state index contributed by atoms with van der Waals surface area (Å²) in [7, 11) is 0. The number of hydrogen-bond acceptors (Lipinski definition) is 7. The van der Waals surface area contributed by atoms with Crippen molar-refractivity contribution in [1.29, 1.82) is 0 Å². The van der Waals surface area contributed by atoms with Crippen LogP contribution in [0.3, 0.4) is 0 Å². The lowest BCUT2D eigenvalue weighted by Gasteiger charge is -2.34. The molecule has 1 atom stereocenters. The molecule has 11 heteroatoms. The molecule has 2 aromatic carbocycles. The number of hydroxylamine groups is 2. The Morgan fingerprint density at radius 1 is 1.30 bits per heavy atom. The van der Waals surface area contributed by atoms with Crippen molar-refractivity contribution in [1.82, 2.24) is 10.1 Å². The average molecular weight is 446 g/mol. The van der Waals surface area contributed by atoms with Gasteiger partial charge in [0.25, 0.3) is 5.69 Å². The van der Waals surface area contributed by atoms with Gasteiger partial charge >= 0.3 is 6.03 Å². The summed E-state index contributed by atoms with van der Waals surface area (Å²) in [5.74, 6) is 0. The Morgan fingerprint density at radius 3 is 2.53 bits per heavy atom. The number of benzene rings is 2. The molecule has 156 valence electrons.